The SMILES string of the molecule is OC(CCS)C(O)c1ccc(OCC(F)(F)F)cc1. The molecule has 108 valence electrons. The molecule has 0 saturated heterocycles. The standard InChI is InChI=1S/C12H15F3O3S/c13-12(14,15)7-18-9-3-1-8(2-4-9)11(17)10(16)5-6-19/h1-4,10-11,16-17,19H,5-7H2. The Bertz CT molecular complexity index is 381. The third-order valence-corrected chi connectivity index (χ3v) is 2.67. The van der Waals surface area contributed by atoms with Gasteiger partial charge in [-0.1, -0.05) is 12.1 Å². The van der Waals surface area contributed by atoms with Crippen molar-refractivity contribution in [1.29, 1.82) is 0 Å². The summed E-state index contributed by atoms with van der Waals surface area (Å²) in [6.07, 6.45) is -6.12. The van der Waals surface area contributed by atoms with Crippen LogP contribution in [0.1, 0.15) is 18.1 Å². The lowest BCUT2D eigenvalue weighted by Gasteiger charge is -2.17. The van der Waals surface area contributed by atoms with Crippen LogP contribution in [0, 0.1) is 0 Å². The van der Waals surface area contributed by atoms with Crippen LogP contribution in [0.25, 0.3) is 0 Å². The molecule has 2 atom stereocenters. The maximum absolute atomic E-state index is 11.9. The van der Waals surface area contributed by atoms with E-state index in [1.165, 1.54) is 24.3 Å². The molecule has 0 fully saturated rings. The highest BCUT2D eigenvalue weighted by Gasteiger charge is 2.28. The van der Waals surface area contributed by atoms with Gasteiger partial charge in [-0.15, -0.1) is 0 Å². The van der Waals surface area contributed by atoms with E-state index in [1.54, 1.807) is 0 Å². The minimum atomic E-state index is -4.39. The van der Waals surface area contributed by atoms with Crippen molar-refractivity contribution in [3.8, 4) is 5.75 Å². The first-order valence-electron chi connectivity index (χ1n) is 5.60. The van der Waals surface area contributed by atoms with Crippen molar-refractivity contribution in [1.82, 2.24) is 0 Å². The molecule has 0 aliphatic rings. The third kappa shape index (κ3) is 5.71. The Morgan fingerprint density at radius 2 is 1.74 bits per heavy atom. The molecule has 1 rings (SSSR count). The maximum Gasteiger partial charge on any atom is 0.422 e. The van der Waals surface area contributed by atoms with Gasteiger partial charge in [0.1, 0.15) is 11.9 Å². The van der Waals surface area contributed by atoms with E-state index in [-0.39, 0.29) is 5.75 Å². The van der Waals surface area contributed by atoms with Gasteiger partial charge in [0, 0.05) is 0 Å². The molecule has 2 N–H and O–H groups in total. The molecule has 2 unspecified atom stereocenters. The summed E-state index contributed by atoms with van der Waals surface area (Å²) in [5, 5.41) is 19.3. The van der Waals surface area contributed by atoms with Crippen molar-refractivity contribution < 1.29 is 28.1 Å². The summed E-state index contributed by atoms with van der Waals surface area (Å²) in [6, 6.07) is 5.46. The van der Waals surface area contributed by atoms with Gasteiger partial charge in [0.05, 0.1) is 6.10 Å². The summed E-state index contributed by atoms with van der Waals surface area (Å²) < 4.78 is 40.3. The van der Waals surface area contributed by atoms with Gasteiger partial charge in [-0.3, -0.25) is 0 Å². The van der Waals surface area contributed by atoms with E-state index in [1.807, 2.05) is 0 Å². The van der Waals surface area contributed by atoms with Gasteiger partial charge >= 0.3 is 6.18 Å². The number of ether oxygens (including phenoxy) is 1. The van der Waals surface area contributed by atoms with E-state index in [4.69, 9.17) is 0 Å². The van der Waals surface area contributed by atoms with Crippen LogP contribution in [0.2, 0.25) is 0 Å². The van der Waals surface area contributed by atoms with Crippen LogP contribution in [0.3, 0.4) is 0 Å². The predicted octanol–water partition coefficient (Wildman–Crippen LogP) is 2.34. The number of aliphatic hydroxyl groups excluding tert-OH is 2. The first kappa shape index (κ1) is 16.1. The average Bonchev–Trinajstić information content (AvgIpc) is 2.35. The zero-order valence-electron chi connectivity index (χ0n) is 9.97. The van der Waals surface area contributed by atoms with Gasteiger partial charge in [0.2, 0.25) is 0 Å². The lowest BCUT2D eigenvalue weighted by molar-refractivity contribution is -0.153. The zero-order valence-corrected chi connectivity index (χ0v) is 10.9. The van der Waals surface area contributed by atoms with Crippen molar-refractivity contribution in [2.75, 3.05) is 12.4 Å². The Balaban J connectivity index is 2.60. The fraction of sp³-hybridized carbons (Fsp3) is 0.500. The molecule has 0 radical (unpaired) electrons. The first-order chi connectivity index (χ1) is 8.83. The molecule has 0 heterocycles. The molecule has 1 aromatic rings. The van der Waals surface area contributed by atoms with Gasteiger partial charge in [-0.25, -0.2) is 0 Å². The van der Waals surface area contributed by atoms with Crippen LogP contribution < -0.4 is 4.74 Å². The minimum absolute atomic E-state index is 0.0527. The van der Waals surface area contributed by atoms with Crippen molar-refractivity contribution >= 4 is 12.6 Å². The number of alkyl halides is 3. The van der Waals surface area contributed by atoms with Crippen LogP contribution in [-0.4, -0.2) is 34.9 Å². The van der Waals surface area contributed by atoms with Crippen LogP contribution in [0.5, 0.6) is 5.75 Å². The Labute approximate surface area is 114 Å². The molecule has 19 heavy (non-hydrogen) atoms. The second kappa shape index (κ2) is 7.02. The summed E-state index contributed by atoms with van der Waals surface area (Å²) in [6.45, 7) is -1.36. The Kier molecular flexibility index (Phi) is 5.96. The summed E-state index contributed by atoms with van der Waals surface area (Å²) in [7, 11) is 0. The van der Waals surface area contributed by atoms with Gasteiger partial charge in [-0.05, 0) is 29.9 Å². The molecule has 7 heteroatoms. The summed E-state index contributed by atoms with van der Waals surface area (Å²) in [5.41, 5.74) is 0.411. The number of hydrogen-bond donors (Lipinski definition) is 3. The number of thiol groups is 1. The van der Waals surface area contributed by atoms with E-state index in [0.29, 0.717) is 17.7 Å². The molecule has 0 amide bonds. The number of benzene rings is 1. The Hall–Kier alpha value is -0.920. The smallest absolute Gasteiger partial charge is 0.422 e. The fourth-order valence-electron chi connectivity index (χ4n) is 1.44. The van der Waals surface area contributed by atoms with Crippen molar-refractivity contribution in [3.63, 3.8) is 0 Å². The molecule has 0 aliphatic heterocycles. The van der Waals surface area contributed by atoms with Crippen LogP contribution in [0.15, 0.2) is 24.3 Å². The van der Waals surface area contributed by atoms with Crippen LogP contribution in [-0.2, 0) is 0 Å². The highest BCUT2D eigenvalue weighted by Crippen LogP contribution is 2.23. The Morgan fingerprint density at radius 3 is 2.21 bits per heavy atom. The maximum atomic E-state index is 11.9. The predicted molar refractivity (Wildman–Crippen MR) is 67.4 cm³/mol. The number of hydrogen-bond acceptors (Lipinski definition) is 4. The molecule has 1 aromatic carbocycles. The van der Waals surface area contributed by atoms with Gasteiger partial charge in [0.25, 0.3) is 0 Å². The zero-order chi connectivity index (χ0) is 14.5. The quantitative estimate of drug-likeness (QED) is 0.706. The fourth-order valence-corrected chi connectivity index (χ4v) is 1.70. The summed E-state index contributed by atoms with van der Waals surface area (Å²) in [5.74, 6) is 0.474. The number of aliphatic hydroxyl groups is 2. The van der Waals surface area contributed by atoms with Crippen molar-refractivity contribution in [2.45, 2.75) is 24.8 Å². The molecular weight excluding hydrogens is 281 g/mol. The second-order valence-corrected chi connectivity index (χ2v) is 4.44. The molecule has 0 aromatic heterocycles. The van der Waals surface area contributed by atoms with E-state index >= 15 is 0 Å². The summed E-state index contributed by atoms with van der Waals surface area (Å²) >= 11 is 3.94. The highest BCUT2D eigenvalue weighted by atomic mass is 32.1. The largest absolute Gasteiger partial charge is 0.484 e. The van der Waals surface area contributed by atoms with E-state index in [2.05, 4.69) is 17.4 Å². The average molecular weight is 296 g/mol. The topological polar surface area (TPSA) is 49.7 Å². The molecule has 0 spiro atoms. The third-order valence-electron chi connectivity index (χ3n) is 2.41. The molecule has 0 saturated carbocycles. The highest BCUT2D eigenvalue weighted by molar-refractivity contribution is 7.80. The number of rotatable bonds is 6. The van der Waals surface area contributed by atoms with E-state index < -0.39 is 25.0 Å². The molecule has 0 bridgehead atoms. The second-order valence-electron chi connectivity index (χ2n) is 4.00. The lowest BCUT2D eigenvalue weighted by atomic mass is 10.0. The Morgan fingerprint density at radius 1 is 1.16 bits per heavy atom. The monoisotopic (exact) mass is 296 g/mol. The van der Waals surface area contributed by atoms with Gasteiger partial charge in [0.15, 0.2) is 6.61 Å². The van der Waals surface area contributed by atoms with Crippen molar-refractivity contribution in [2.24, 2.45) is 0 Å². The normalized spacial score (nSPS) is 15.1. The van der Waals surface area contributed by atoms with E-state index in [0.717, 1.165) is 0 Å². The lowest BCUT2D eigenvalue weighted by Crippen LogP contribution is -2.20. The van der Waals surface area contributed by atoms with Crippen LogP contribution in [0.4, 0.5) is 13.2 Å². The van der Waals surface area contributed by atoms with Gasteiger partial charge in [-0.2, -0.15) is 25.8 Å². The number of halogens is 3. The molecule has 3 nitrogen and oxygen atoms in total. The summed E-state index contributed by atoms with van der Waals surface area (Å²) in [4.78, 5) is 0. The molecule has 0 aliphatic carbocycles. The van der Waals surface area contributed by atoms with E-state index in [9.17, 15) is 23.4 Å². The van der Waals surface area contributed by atoms with Crippen LogP contribution >= 0.6 is 12.6 Å². The van der Waals surface area contributed by atoms with Gasteiger partial charge < -0.3 is 14.9 Å². The first-order valence-corrected chi connectivity index (χ1v) is 6.23. The molecular formula is C12H15F3O3S. The minimum Gasteiger partial charge on any atom is -0.484 e. The van der Waals surface area contributed by atoms with Crippen molar-refractivity contribution in [3.05, 3.63) is 29.8 Å².